The van der Waals surface area contributed by atoms with E-state index in [1.54, 1.807) is 0 Å². The first-order valence-electron chi connectivity index (χ1n) is 9.55. The Morgan fingerprint density at radius 2 is 1.82 bits per heavy atom. The van der Waals surface area contributed by atoms with Crippen LogP contribution in [-0.4, -0.2) is 12.1 Å². The maximum atomic E-state index is 11.1. The third-order valence-corrected chi connectivity index (χ3v) is 8.73. The fraction of sp³-hybridized carbons (Fsp3) is 0.950. The predicted molar refractivity (Wildman–Crippen MR) is 87.3 cm³/mol. The maximum absolute atomic E-state index is 11.1. The van der Waals surface area contributed by atoms with Crippen molar-refractivity contribution in [3.05, 3.63) is 0 Å². The van der Waals surface area contributed by atoms with E-state index in [0.717, 1.165) is 24.2 Å². The summed E-state index contributed by atoms with van der Waals surface area (Å²) in [6, 6.07) is 0. The van der Waals surface area contributed by atoms with Crippen molar-refractivity contribution in [2.75, 3.05) is 0 Å². The second-order valence-electron chi connectivity index (χ2n) is 9.62. The molecule has 0 aliphatic heterocycles. The van der Waals surface area contributed by atoms with E-state index in [4.69, 9.17) is 4.74 Å². The second kappa shape index (κ2) is 4.74. The largest absolute Gasteiger partial charge is 0.461 e. The summed E-state index contributed by atoms with van der Waals surface area (Å²) in [5.41, 5.74) is 0.813. The summed E-state index contributed by atoms with van der Waals surface area (Å²) in [5, 5.41) is 0. The van der Waals surface area contributed by atoms with E-state index in [9.17, 15) is 4.79 Å². The molecule has 124 valence electrons. The summed E-state index contributed by atoms with van der Waals surface area (Å²) < 4.78 is 5.70. The Bertz CT molecular complexity index is 470. The highest BCUT2D eigenvalue weighted by molar-refractivity contribution is 5.38. The van der Waals surface area contributed by atoms with Gasteiger partial charge in [-0.05, 0) is 93.3 Å². The van der Waals surface area contributed by atoms with Crippen LogP contribution >= 0.6 is 0 Å². The van der Waals surface area contributed by atoms with Crippen LogP contribution < -0.4 is 0 Å². The summed E-state index contributed by atoms with van der Waals surface area (Å²) >= 11 is 0. The SMILES string of the molecule is C[C@H]1C[C@@]23CC[C@H]4[C@@](C)(CCC[C@]4(C)OC=O)[C@@H]2CC[C@@H]1C3. The van der Waals surface area contributed by atoms with Gasteiger partial charge >= 0.3 is 0 Å². The fourth-order valence-electron chi connectivity index (χ4n) is 7.98. The minimum Gasteiger partial charge on any atom is -0.461 e. The highest BCUT2D eigenvalue weighted by atomic mass is 16.5. The van der Waals surface area contributed by atoms with E-state index in [2.05, 4.69) is 20.8 Å². The average molecular weight is 304 g/mol. The van der Waals surface area contributed by atoms with Gasteiger partial charge < -0.3 is 4.74 Å². The standard InChI is InChI=1S/C20H32O2/c1-14-11-20-10-7-16-18(2,17(20)6-5-15(14)12-20)8-4-9-19(16,3)22-13-21/h13-17H,4-12H2,1-3H3/t14-,15+,16-,17-,18+,19-,20+/m0/s1. The number of hydrogen-bond donors (Lipinski definition) is 0. The van der Waals surface area contributed by atoms with Crippen molar-refractivity contribution in [3.8, 4) is 0 Å². The van der Waals surface area contributed by atoms with E-state index in [1.807, 2.05) is 0 Å². The molecule has 0 aromatic heterocycles. The Morgan fingerprint density at radius 1 is 1.00 bits per heavy atom. The van der Waals surface area contributed by atoms with E-state index in [1.165, 1.54) is 51.4 Å². The number of ether oxygens (including phenoxy) is 1. The van der Waals surface area contributed by atoms with E-state index in [0.29, 0.717) is 23.2 Å². The topological polar surface area (TPSA) is 26.3 Å². The molecule has 0 aromatic rings. The monoisotopic (exact) mass is 304 g/mol. The predicted octanol–water partition coefficient (Wildman–Crippen LogP) is 4.96. The van der Waals surface area contributed by atoms with Gasteiger partial charge in [0.05, 0.1) is 0 Å². The molecule has 0 saturated heterocycles. The highest BCUT2D eigenvalue weighted by Gasteiger charge is 2.64. The molecular weight excluding hydrogens is 272 g/mol. The molecule has 4 fully saturated rings. The lowest BCUT2D eigenvalue weighted by Gasteiger charge is -2.63. The Balaban J connectivity index is 1.70. The van der Waals surface area contributed by atoms with Crippen molar-refractivity contribution in [2.45, 2.75) is 84.2 Å². The van der Waals surface area contributed by atoms with Crippen LogP contribution in [0.25, 0.3) is 0 Å². The normalized spacial score (nSPS) is 56.9. The Hall–Kier alpha value is -0.530. The fourth-order valence-corrected chi connectivity index (χ4v) is 7.98. The molecule has 4 aliphatic carbocycles. The molecule has 4 saturated carbocycles. The first-order valence-corrected chi connectivity index (χ1v) is 9.55. The van der Waals surface area contributed by atoms with E-state index >= 15 is 0 Å². The van der Waals surface area contributed by atoms with Gasteiger partial charge in [0.1, 0.15) is 5.60 Å². The summed E-state index contributed by atoms with van der Waals surface area (Å²) in [4.78, 5) is 11.1. The number of carbonyl (C=O) groups is 1. The van der Waals surface area contributed by atoms with Crippen LogP contribution in [0, 0.1) is 34.5 Å². The maximum Gasteiger partial charge on any atom is 0.293 e. The van der Waals surface area contributed by atoms with Crippen molar-refractivity contribution in [1.82, 2.24) is 0 Å². The molecule has 0 radical (unpaired) electrons. The molecule has 2 heteroatoms. The van der Waals surface area contributed by atoms with Gasteiger partial charge in [-0.25, -0.2) is 0 Å². The van der Waals surface area contributed by atoms with E-state index in [-0.39, 0.29) is 5.60 Å². The van der Waals surface area contributed by atoms with Gasteiger partial charge in [-0.3, -0.25) is 4.79 Å². The lowest BCUT2D eigenvalue weighted by Crippen LogP contribution is -2.59. The van der Waals surface area contributed by atoms with Gasteiger partial charge in [-0.2, -0.15) is 0 Å². The van der Waals surface area contributed by atoms with Gasteiger partial charge in [0.2, 0.25) is 0 Å². The van der Waals surface area contributed by atoms with Crippen LogP contribution in [-0.2, 0) is 9.53 Å². The van der Waals surface area contributed by atoms with Gasteiger partial charge in [-0.15, -0.1) is 0 Å². The quantitative estimate of drug-likeness (QED) is 0.674. The van der Waals surface area contributed by atoms with Crippen molar-refractivity contribution in [1.29, 1.82) is 0 Å². The molecular formula is C20H32O2. The van der Waals surface area contributed by atoms with Crippen LogP contribution in [0.1, 0.15) is 78.6 Å². The Labute approximate surface area is 135 Å². The lowest BCUT2D eigenvalue weighted by atomic mass is 9.43. The van der Waals surface area contributed by atoms with E-state index < -0.39 is 0 Å². The molecule has 0 amide bonds. The first-order chi connectivity index (χ1) is 10.4. The molecule has 2 nitrogen and oxygen atoms in total. The molecule has 22 heavy (non-hydrogen) atoms. The molecule has 7 atom stereocenters. The van der Waals surface area contributed by atoms with Crippen LogP contribution in [0.4, 0.5) is 0 Å². The van der Waals surface area contributed by atoms with Gasteiger partial charge in [0, 0.05) is 5.92 Å². The summed E-state index contributed by atoms with van der Waals surface area (Å²) in [6.07, 6.45) is 12.1. The lowest BCUT2D eigenvalue weighted by molar-refractivity contribution is -0.196. The van der Waals surface area contributed by atoms with Crippen molar-refractivity contribution in [2.24, 2.45) is 34.5 Å². The molecule has 0 heterocycles. The molecule has 4 rings (SSSR count). The highest BCUT2D eigenvalue weighted by Crippen LogP contribution is 2.71. The van der Waals surface area contributed by atoms with Crippen LogP contribution in [0.15, 0.2) is 0 Å². The molecule has 0 unspecified atom stereocenters. The third kappa shape index (κ3) is 1.82. The first kappa shape index (κ1) is 15.0. The van der Waals surface area contributed by atoms with Gasteiger partial charge in [0.25, 0.3) is 6.47 Å². The minimum absolute atomic E-state index is 0.211. The molecule has 4 aliphatic rings. The summed E-state index contributed by atoms with van der Waals surface area (Å²) in [6.45, 7) is 7.98. The molecule has 0 N–H and O–H groups in total. The van der Waals surface area contributed by atoms with Gasteiger partial charge in [0.15, 0.2) is 0 Å². The molecule has 1 spiro atoms. The smallest absolute Gasteiger partial charge is 0.293 e. The van der Waals surface area contributed by atoms with Crippen molar-refractivity contribution in [3.63, 3.8) is 0 Å². The van der Waals surface area contributed by atoms with Crippen molar-refractivity contribution < 1.29 is 9.53 Å². The minimum atomic E-state index is -0.211. The summed E-state index contributed by atoms with van der Waals surface area (Å²) in [7, 11) is 0. The molecule has 0 aromatic carbocycles. The zero-order valence-corrected chi connectivity index (χ0v) is 14.6. The van der Waals surface area contributed by atoms with Crippen LogP contribution in [0.2, 0.25) is 0 Å². The zero-order valence-electron chi connectivity index (χ0n) is 14.6. The number of fused-ring (bicyclic) bond motifs is 3. The molecule has 2 bridgehead atoms. The number of hydrogen-bond acceptors (Lipinski definition) is 2. The average Bonchev–Trinajstić information content (AvgIpc) is 2.68. The Morgan fingerprint density at radius 3 is 2.59 bits per heavy atom. The number of rotatable bonds is 2. The van der Waals surface area contributed by atoms with Crippen molar-refractivity contribution >= 4 is 6.47 Å². The zero-order chi connectivity index (χ0) is 15.6. The Kier molecular flexibility index (Phi) is 3.24. The van der Waals surface area contributed by atoms with Crippen LogP contribution in [0.3, 0.4) is 0 Å². The van der Waals surface area contributed by atoms with Gasteiger partial charge in [-0.1, -0.05) is 13.8 Å². The van der Waals surface area contributed by atoms with Crippen LogP contribution in [0.5, 0.6) is 0 Å². The third-order valence-electron chi connectivity index (χ3n) is 8.73. The summed E-state index contributed by atoms with van der Waals surface area (Å²) in [5.74, 6) is 3.38. The number of carbonyl (C=O) groups excluding carboxylic acids is 1. The second-order valence-corrected chi connectivity index (χ2v) is 9.62.